The van der Waals surface area contributed by atoms with Gasteiger partial charge in [-0.25, -0.2) is 8.42 Å². The van der Waals surface area contributed by atoms with Crippen molar-refractivity contribution in [2.24, 2.45) is 0 Å². The van der Waals surface area contributed by atoms with E-state index in [4.69, 9.17) is 4.74 Å². The van der Waals surface area contributed by atoms with E-state index in [1.165, 1.54) is 0 Å². The Bertz CT molecular complexity index is 973. The van der Waals surface area contributed by atoms with E-state index in [1.807, 2.05) is 64.1 Å². The third kappa shape index (κ3) is 5.38. The Morgan fingerprint density at radius 1 is 1.03 bits per heavy atom. The zero-order valence-corrected chi connectivity index (χ0v) is 18.4. The van der Waals surface area contributed by atoms with E-state index in [1.54, 1.807) is 4.90 Å². The van der Waals surface area contributed by atoms with Crippen LogP contribution in [0.4, 0.5) is 0 Å². The van der Waals surface area contributed by atoms with E-state index in [-0.39, 0.29) is 30.1 Å². The summed E-state index contributed by atoms with van der Waals surface area (Å²) in [6.07, 6.45) is 0.475. The molecule has 0 saturated carbocycles. The summed E-state index contributed by atoms with van der Waals surface area (Å²) in [6, 6.07) is 11.7. The zero-order chi connectivity index (χ0) is 21.2. The molecule has 3 rings (SSSR count). The second-order valence-corrected chi connectivity index (χ2v) is 10.3. The van der Waals surface area contributed by atoms with E-state index >= 15 is 0 Å². The fraction of sp³-hybridized carbons (Fsp3) is 0.435. The Balaban J connectivity index is 1.78. The molecule has 0 bridgehead atoms. The van der Waals surface area contributed by atoms with Crippen molar-refractivity contribution in [2.75, 3.05) is 18.1 Å². The number of nitrogens with zero attached hydrogens (tertiary/aromatic N) is 1. The van der Waals surface area contributed by atoms with Crippen molar-refractivity contribution in [3.8, 4) is 5.75 Å². The molecule has 156 valence electrons. The molecule has 1 aliphatic rings. The molecule has 2 aromatic carbocycles. The number of amides is 1. The number of rotatable bonds is 6. The van der Waals surface area contributed by atoms with Gasteiger partial charge in [0.15, 0.2) is 16.4 Å². The number of benzene rings is 2. The van der Waals surface area contributed by atoms with Gasteiger partial charge < -0.3 is 9.64 Å². The van der Waals surface area contributed by atoms with Gasteiger partial charge in [-0.1, -0.05) is 47.5 Å². The average molecular weight is 416 g/mol. The summed E-state index contributed by atoms with van der Waals surface area (Å²) in [5.74, 6) is 0.685. The molecule has 5 nitrogen and oxygen atoms in total. The van der Waals surface area contributed by atoms with Gasteiger partial charge in [0.25, 0.3) is 5.91 Å². The number of hydrogen-bond donors (Lipinski definition) is 0. The molecule has 6 heteroatoms. The molecule has 1 fully saturated rings. The summed E-state index contributed by atoms with van der Waals surface area (Å²) in [4.78, 5) is 14.8. The minimum atomic E-state index is -3.09. The van der Waals surface area contributed by atoms with E-state index in [2.05, 4.69) is 0 Å². The fourth-order valence-corrected chi connectivity index (χ4v) is 5.67. The lowest BCUT2D eigenvalue weighted by Gasteiger charge is -2.29. The number of sulfone groups is 1. The summed E-state index contributed by atoms with van der Waals surface area (Å²) >= 11 is 0. The summed E-state index contributed by atoms with van der Waals surface area (Å²) in [6.45, 7) is 8.25. The Kier molecular flexibility index (Phi) is 6.32. The van der Waals surface area contributed by atoms with E-state index < -0.39 is 9.84 Å². The molecule has 1 aliphatic heterocycles. The van der Waals surface area contributed by atoms with Crippen molar-refractivity contribution < 1.29 is 17.9 Å². The minimum Gasteiger partial charge on any atom is -0.483 e. The number of ether oxygens (including phenoxy) is 1. The standard InChI is InChI=1S/C23H29NO4S/c1-16-5-7-20(8-6-16)13-24(21-9-10-29(26,27)15-21)22(25)14-28-23-18(3)11-17(2)12-19(23)4/h5-8,11-12,21H,9-10,13-15H2,1-4H3. The van der Waals surface area contributed by atoms with Crippen LogP contribution in [-0.2, 0) is 21.2 Å². The lowest BCUT2D eigenvalue weighted by molar-refractivity contribution is -0.136. The van der Waals surface area contributed by atoms with Crippen LogP contribution < -0.4 is 4.74 Å². The Hall–Kier alpha value is -2.34. The van der Waals surface area contributed by atoms with Gasteiger partial charge in [-0.3, -0.25) is 4.79 Å². The van der Waals surface area contributed by atoms with Crippen molar-refractivity contribution >= 4 is 15.7 Å². The molecule has 1 heterocycles. The first-order chi connectivity index (χ1) is 13.6. The van der Waals surface area contributed by atoms with Crippen LogP contribution >= 0.6 is 0 Å². The first-order valence-electron chi connectivity index (χ1n) is 9.91. The smallest absolute Gasteiger partial charge is 0.261 e. The summed E-state index contributed by atoms with van der Waals surface area (Å²) in [5.41, 5.74) is 5.25. The molecule has 1 amide bonds. The van der Waals surface area contributed by atoms with Gasteiger partial charge in [0.05, 0.1) is 11.5 Å². The largest absolute Gasteiger partial charge is 0.483 e. The molecular formula is C23H29NO4S. The van der Waals surface area contributed by atoms with Gasteiger partial charge in [0.2, 0.25) is 0 Å². The molecule has 0 spiro atoms. The minimum absolute atomic E-state index is 0.0210. The van der Waals surface area contributed by atoms with E-state index in [0.717, 1.165) is 33.6 Å². The number of hydrogen-bond acceptors (Lipinski definition) is 4. The Labute approximate surface area is 173 Å². The molecule has 1 atom stereocenters. The highest BCUT2D eigenvalue weighted by Crippen LogP contribution is 2.25. The van der Waals surface area contributed by atoms with Crippen LogP contribution in [0.2, 0.25) is 0 Å². The summed E-state index contributed by atoms with van der Waals surface area (Å²) < 4.78 is 29.9. The van der Waals surface area contributed by atoms with Gasteiger partial charge in [0.1, 0.15) is 5.75 Å². The number of aryl methyl sites for hydroxylation is 4. The average Bonchev–Trinajstić information content (AvgIpc) is 2.99. The van der Waals surface area contributed by atoms with E-state index in [0.29, 0.717) is 13.0 Å². The van der Waals surface area contributed by atoms with Crippen molar-refractivity contribution in [3.05, 3.63) is 64.2 Å². The lowest BCUT2D eigenvalue weighted by Crippen LogP contribution is -2.43. The highest BCUT2D eigenvalue weighted by molar-refractivity contribution is 7.91. The molecule has 0 aromatic heterocycles. The van der Waals surface area contributed by atoms with Crippen molar-refractivity contribution in [1.29, 1.82) is 0 Å². The predicted molar refractivity (Wildman–Crippen MR) is 115 cm³/mol. The van der Waals surface area contributed by atoms with E-state index in [9.17, 15) is 13.2 Å². The molecule has 0 radical (unpaired) electrons. The number of carbonyl (C=O) groups is 1. The van der Waals surface area contributed by atoms with Crippen molar-refractivity contribution in [3.63, 3.8) is 0 Å². The second kappa shape index (κ2) is 8.57. The fourth-order valence-electron chi connectivity index (χ4n) is 3.94. The van der Waals surface area contributed by atoms with Crippen LogP contribution in [0.1, 0.15) is 34.2 Å². The molecule has 1 saturated heterocycles. The molecule has 0 N–H and O–H groups in total. The molecule has 2 aromatic rings. The van der Waals surface area contributed by atoms with Gasteiger partial charge in [0, 0.05) is 12.6 Å². The normalized spacial score (nSPS) is 17.9. The highest BCUT2D eigenvalue weighted by Gasteiger charge is 2.34. The van der Waals surface area contributed by atoms with Gasteiger partial charge in [-0.2, -0.15) is 0 Å². The Morgan fingerprint density at radius 3 is 2.21 bits per heavy atom. The molecule has 1 unspecified atom stereocenters. The first-order valence-corrected chi connectivity index (χ1v) is 11.7. The van der Waals surface area contributed by atoms with Crippen LogP contribution in [-0.4, -0.2) is 43.4 Å². The Morgan fingerprint density at radius 2 is 1.66 bits per heavy atom. The summed E-state index contributed by atoms with van der Waals surface area (Å²) in [7, 11) is -3.09. The molecule has 0 aliphatic carbocycles. The maximum atomic E-state index is 13.1. The number of carbonyl (C=O) groups excluding carboxylic acids is 1. The maximum absolute atomic E-state index is 13.1. The van der Waals surface area contributed by atoms with Gasteiger partial charge in [-0.15, -0.1) is 0 Å². The summed E-state index contributed by atoms with van der Waals surface area (Å²) in [5, 5.41) is 0. The van der Waals surface area contributed by atoms with Crippen LogP contribution in [0.25, 0.3) is 0 Å². The zero-order valence-electron chi connectivity index (χ0n) is 17.6. The third-order valence-electron chi connectivity index (χ3n) is 5.39. The second-order valence-electron chi connectivity index (χ2n) is 8.08. The first kappa shape index (κ1) is 21.4. The topological polar surface area (TPSA) is 63.7 Å². The van der Waals surface area contributed by atoms with Crippen LogP contribution in [0.3, 0.4) is 0 Å². The van der Waals surface area contributed by atoms with Crippen molar-refractivity contribution in [2.45, 2.75) is 46.7 Å². The van der Waals surface area contributed by atoms with Crippen LogP contribution in [0, 0.1) is 27.7 Å². The van der Waals surface area contributed by atoms with Crippen LogP contribution in [0.15, 0.2) is 36.4 Å². The lowest BCUT2D eigenvalue weighted by atomic mass is 10.1. The third-order valence-corrected chi connectivity index (χ3v) is 7.14. The maximum Gasteiger partial charge on any atom is 0.261 e. The van der Waals surface area contributed by atoms with Gasteiger partial charge >= 0.3 is 0 Å². The molecular weight excluding hydrogens is 386 g/mol. The van der Waals surface area contributed by atoms with Crippen molar-refractivity contribution in [1.82, 2.24) is 4.90 Å². The SMILES string of the molecule is Cc1ccc(CN(C(=O)COc2c(C)cc(C)cc2C)C2CCS(=O)(=O)C2)cc1. The quantitative estimate of drug-likeness (QED) is 0.724. The monoisotopic (exact) mass is 415 g/mol. The highest BCUT2D eigenvalue weighted by atomic mass is 32.2. The molecule has 29 heavy (non-hydrogen) atoms. The van der Waals surface area contributed by atoms with Gasteiger partial charge in [-0.05, 0) is 50.8 Å². The predicted octanol–water partition coefficient (Wildman–Crippen LogP) is 3.51. The van der Waals surface area contributed by atoms with Crippen LogP contribution in [0.5, 0.6) is 5.75 Å².